The molecular formula is C33H26N2O5. The second-order valence-corrected chi connectivity index (χ2v) is 9.36. The number of anilines is 1. The van der Waals surface area contributed by atoms with Crippen LogP contribution in [0.15, 0.2) is 103 Å². The summed E-state index contributed by atoms with van der Waals surface area (Å²) in [5, 5.41) is 20.7. The first-order valence-corrected chi connectivity index (χ1v) is 12.6. The molecule has 1 heterocycles. The number of nitriles is 1. The van der Waals surface area contributed by atoms with Crippen molar-refractivity contribution in [1.29, 1.82) is 5.26 Å². The fraction of sp³-hybridized carbons (Fsp3) is 0.121. The Morgan fingerprint density at radius 3 is 2.27 bits per heavy atom. The molecule has 1 atom stereocenters. The van der Waals surface area contributed by atoms with Crippen LogP contribution in [0.25, 0.3) is 5.76 Å². The van der Waals surface area contributed by atoms with E-state index in [9.17, 15) is 20.0 Å². The highest BCUT2D eigenvalue weighted by Gasteiger charge is 2.47. The van der Waals surface area contributed by atoms with E-state index in [0.717, 1.165) is 11.1 Å². The largest absolute Gasteiger partial charge is 0.507 e. The highest BCUT2D eigenvalue weighted by molar-refractivity contribution is 6.51. The Morgan fingerprint density at radius 2 is 1.65 bits per heavy atom. The summed E-state index contributed by atoms with van der Waals surface area (Å²) in [4.78, 5) is 28.2. The zero-order valence-electron chi connectivity index (χ0n) is 22.0. The highest BCUT2D eigenvalue weighted by atomic mass is 16.5. The third-order valence-corrected chi connectivity index (χ3v) is 6.84. The topological polar surface area (TPSA) is 99.9 Å². The number of carbonyl (C=O) groups excluding carboxylic acids is 2. The number of ether oxygens (including phenoxy) is 2. The minimum Gasteiger partial charge on any atom is -0.507 e. The van der Waals surface area contributed by atoms with Crippen LogP contribution < -0.4 is 14.4 Å². The van der Waals surface area contributed by atoms with Crippen LogP contribution in [-0.4, -0.2) is 23.9 Å². The number of aryl methyl sites for hydroxylation is 1. The molecule has 1 unspecified atom stereocenters. The first-order valence-electron chi connectivity index (χ1n) is 12.6. The van der Waals surface area contributed by atoms with Crippen LogP contribution in [0.2, 0.25) is 0 Å². The van der Waals surface area contributed by atoms with Crippen LogP contribution in [0, 0.1) is 18.3 Å². The molecule has 1 N–H and O–H groups in total. The number of benzene rings is 4. The van der Waals surface area contributed by atoms with Crippen molar-refractivity contribution in [2.24, 2.45) is 0 Å². The molecule has 0 bridgehead atoms. The summed E-state index contributed by atoms with van der Waals surface area (Å²) in [5.74, 6) is -0.602. The van der Waals surface area contributed by atoms with Crippen LogP contribution in [0.5, 0.6) is 11.5 Å². The van der Waals surface area contributed by atoms with Gasteiger partial charge in [0, 0.05) is 11.3 Å². The summed E-state index contributed by atoms with van der Waals surface area (Å²) in [6.45, 7) is 2.24. The molecule has 0 radical (unpaired) electrons. The zero-order valence-corrected chi connectivity index (χ0v) is 22.0. The summed E-state index contributed by atoms with van der Waals surface area (Å²) in [5.41, 5.74) is 3.62. The molecule has 1 fully saturated rings. The number of aliphatic hydroxyl groups excluding tert-OH is 1. The lowest BCUT2D eigenvalue weighted by Crippen LogP contribution is -2.29. The summed E-state index contributed by atoms with van der Waals surface area (Å²) in [7, 11) is 1.55. The van der Waals surface area contributed by atoms with Crippen LogP contribution in [0.4, 0.5) is 5.69 Å². The lowest BCUT2D eigenvalue weighted by molar-refractivity contribution is -0.132. The first kappa shape index (κ1) is 26.3. The molecule has 4 aromatic carbocycles. The van der Waals surface area contributed by atoms with E-state index in [0.29, 0.717) is 40.5 Å². The van der Waals surface area contributed by atoms with Gasteiger partial charge >= 0.3 is 0 Å². The van der Waals surface area contributed by atoms with Crippen LogP contribution >= 0.6 is 0 Å². The molecule has 7 nitrogen and oxygen atoms in total. The summed E-state index contributed by atoms with van der Waals surface area (Å²) in [6.07, 6.45) is 0. The number of carbonyl (C=O) groups is 2. The number of Topliss-reactive ketones (excluding diaryl/α,β-unsaturated/α-hetero) is 1. The van der Waals surface area contributed by atoms with Crippen molar-refractivity contribution >= 4 is 23.1 Å². The van der Waals surface area contributed by atoms with Gasteiger partial charge in [0.1, 0.15) is 23.9 Å². The minimum absolute atomic E-state index is 0.0307. The molecule has 0 aliphatic carbocycles. The Morgan fingerprint density at radius 1 is 0.950 bits per heavy atom. The van der Waals surface area contributed by atoms with Gasteiger partial charge in [-0.25, -0.2) is 0 Å². The Balaban J connectivity index is 1.56. The Hall–Kier alpha value is -5.35. The lowest BCUT2D eigenvalue weighted by Gasteiger charge is -2.25. The Bertz CT molecular complexity index is 1640. The molecule has 0 spiro atoms. The lowest BCUT2D eigenvalue weighted by atomic mass is 9.94. The highest BCUT2D eigenvalue weighted by Crippen LogP contribution is 2.42. The van der Waals surface area contributed by atoms with E-state index in [2.05, 4.69) is 6.07 Å². The van der Waals surface area contributed by atoms with Gasteiger partial charge in [0.05, 0.1) is 30.4 Å². The third-order valence-electron chi connectivity index (χ3n) is 6.84. The van der Waals surface area contributed by atoms with Gasteiger partial charge in [-0.3, -0.25) is 14.5 Å². The summed E-state index contributed by atoms with van der Waals surface area (Å²) >= 11 is 0. The maximum Gasteiger partial charge on any atom is 0.300 e. The van der Waals surface area contributed by atoms with Crippen molar-refractivity contribution in [3.8, 4) is 17.6 Å². The first-order chi connectivity index (χ1) is 19.4. The minimum atomic E-state index is -0.895. The van der Waals surface area contributed by atoms with E-state index in [1.165, 1.54) is 4.90 Å². The molecule has 0 aromatic heterocycles. The molecule has 1 amide bonds. The Kier molecular flexibility index (Phi) is 7.34. The van der Waals surface area contributed by atoms with E-state index in [1.807, 2.05) is 37.3 Å². The monoisotopic (exact) mass is 530 g/mol. The number of hydrogen-bond donors (Lipinski definition) is 1. The van der Waals surface area contributed by atoms with Gasteiger partial charge in [0.15, 0.2) is 0 Å². The van der Waals surface area contributed by atoms with Crippen molar-refractivity contribution < 1.29 is 24.2 Å². The predicted octanol–water partition coefficient (Wildman–Crippen LogP) is 6.08. The third kappa shape index (κ3) is 5.03. The number of aliphatic hydroxyl groups is 1. The summed E-state index contributed by atoms with van der Waals surface area (Å²) in [6, 6.07) is 29.4. The van der Waals surface area contributed by atoms with E-state index < -0.39 is 17.7 Å². The molecule has 1 saturated heterocycles. The van der Waals surface area contributed by atoms with Gasteiger partial charge in [-0.2, -0.15) is 5.26 Å². The van der Waals surface area contributed by atoms with Crippen molar-refractivity contribution in [2.75, 3.05) is 12.0 Å². The standard InChI is InChI=1S/C33H26N2O5/c1-21-18-25(12-17-28(21)40-20-23-6-4-3-5-7-23)31(36)29-30(24-10-15-27(39-2)16-11-24)35(33(38)32(29)37)26-13-8-22(19-34)9-14-26/h3-18,30,36H,20H2,1-2H3/b31-29-. The number of amides is 1. The number of rotatable bonds is 7. The predicted molar refractivity (Wildman–Crippen MR) is 151 cm³/mol. The van der Waals surface area contributed by atoms with Crippen LogP contribution in [-0.2, 0) is 16.2 Å². The average molecular weight is 531 g/mol. The number of hydrogen-bond acceptors (Lipinski definition) is 6. The molecule has 4 aromatic rings. The van der Waals surface area contributed by atoms with Crippen molar-refractivity contribution in [1.82, 2.24) is 0 Å². The number of ketones is 1. The fourth-order valence-electron chi connectivity index (χ4n) is 4.75. The SMILES string of the molecule is COc1ccc(C2/C(=C(/O)c3ccc(OCc4ccccc4)c(C)c3)C(=O)C(=O)N2c2ccc(C#N)cc2)cc1. The van der Waals surface area contributed by atoms with Crippen molar-refractivity contribution in [3.05, 3.63) is 130 Å². The van der Waals surface area contributed by atoms with Gasteiger partial charge in [-0.1, -0.05) is 42.5 Å². The number of nitrogens with zero attached hydrogens (tertiary/aromatic N) is 2. The summed E-state index contributed by atoms with van der Waals surface area (Å²) < 4.78 is 11.2. The second kappa shape index (κ2) is 11.2. The molecule has 7 heteroatoms. The fourth-order valence-corrected chi connectivity index (χ4v) is 4.75. The molecule has 1 aliphatic rings. The maximum atomic E-state index is 13.4. The maximum absolute atomic E-state index is 13.4. The average Bonchev–Trinajstić information content (AvgIpc) is 3.26. The van der Waals surface area contributed by atoms with Crippen LogP contribution in [0.1, 0.15) is 33.9 Å². The smallest absolute Gasteiger partial charge is 0.300 e. The van der Waals surface area contributed by atoms with E-state index in [1.54, 1.807) is 73.8 Å². The quantitative estimate of drug-likeness (QED) is 0.177. The van der Waals surface area contributed by atoms with Gasteiger partial charge in [-0.05, 0) is 78.2 Å². The van der Waals surface area contributed by atoms with E-state index in [-0.39, 0.29) is 11.3 Å². The van der Waals surface area contributed by atoms with Gasteiger partial charge < -0.3 is 14.6 Å². The molecule has 198 valence electrons. The second-order valence-electron chi connectivity index (χ2n) is 9.36. The normalized spacial score (nSPS) is 16.0. The number of methoxy groups -OCH3 is 1. The van der Waals surface area contributed by atoms with Gasteiger partial charge in [0.2, 0.25) is 0 Å². The zero-order chi connectivity index (χ0) is 28.2. The Labute approximate surface area is 232 Å². The van der Waals surface area contributed by atoms with Crippen LogP contribution in [0.3, 0.4) is 0 Å². The van der Waals surface area contributed by atoms with Gasteiger partial charge in [-0.15, -0.1) is 0 Å². The van der Waals surface area contributed by atoms with E-state index in [4.69, 9.17) is 9.47 Å². The van der Waals surface area contributed by atoms with E-state index >= 15 is 0 Å². The molecule has 0 saturated carbocycles. The van der Waals surface area contributed by atoms with Crippen molar-refractivity contribution in [3.63, 3.8) is 0 Å². The molecule has 5 rings (SSSR count). The molecule has 40 heavy (non-hydrogen) atoms. The van der Waals surface area contributed by atoms with Gasteiger partial charge in [0.25, 0.3) is 11.7 Å². The van der Waals surface area contributed by atoms with Crippen molar-refractivity contribution in [2.45, 2.75) is 19.6 Å². The molecular weight excluding hydrogens is 504 g/mol. The molecule has 1 aliphatic heterocycles.